The second-order valence-corrected chi connectivity index (χ2v) is 4.86. The first-order valence-corrected chi connectivity index (χ1v) is 6.84. The molecule has 0 spiro atoms. The minimum absolute atomic E-state index is 0. The first kappa shape index (κ1) is 19.0. The van der Waals surface area contributed by atoms with Crippen LogP contribution in [-0.2, 0) is 4.79 Å². The standard InChI is InChI=1S/C14H21ClN2O2.ClH/c1-4-16-10(2)9-17-14(18)11(3)19-13-7-5-6-12(15)8-13;/h5-8,10-11,16H,4,9H2,1-3H3,(H,17,18);1H/t10-,11?;/m1./s1. The monoisotopic (exact) mass is 320 g/mol. The normalized spacial score (nSPS) is 13.0. The van der Waals surface area contributed by atoms with Crippen LogP contribution in [0.25, 0.3) is 0 Å². The van der Waals surface area contributed by atoms with Gasteiger partial charge in [0.25, 0.3) is 5.91 Å². The van der Waals surface area contributed by atoms with E-state index >= 15 is 0 Å². The average Bonchev–Trinajstić information content (AvgIpc) is 2.36. The van der Waals surface area contributed by atoms with Gasteiger partial charge in [0.1, 0.15) is 5.75 Å². The van der Waals surface area contributed by atoms with E-state index in [1.54, 1.807) is 31.2 Å². The summed E-state index contributed by atoms with van der Waals surface area (Å²) in [6.07, 6.45) is -0.549. The molecular weight excluding hydrogens is 299 g/mol. The highest BCUT2D eigenvalue weighted by Gasteiger charge is 2.15. The van der Waals surface area contributed by atoms with Crippen molar-refractivity contribution in [2.24, 2.45) is 0 Å². The molecule has 0 saturated carbocycles. The first-order valence-electron chi connectivity index (χ1n) is 6.46. The van der Waals surface area contributed by atoms with Gasteiger partial charge in [-0.2, -0.15) is 0 Å². The molecule has 4 nitrogen and oxygen atoms in total. The summed E-state index contributed by atoms with van der Waals surface area (Å²) in [4.78, 5) is 11.8. The molecule has 0 fully saturated rings. The van der Waals surface area contributed by atoms with Gasteiger partial charge < -0.3 is 15.4 Å². The summed E-state index contributed by atoms with van der Waals surface area (Å²) in [5.74, 6) is 0.458. The molecule has 0 saturated heterocycles. The van der Waals surface area contributed by atoms with Gasteiger partial charge in [-0.05, 0) is 38.6 Å². The largest absolute Gasteiger partial charge is 0.481 e. The lowest BCUT2D eigenvalue weighted by Gasteiger charge is -2.17. The van der Waals surface area contributed by atoms with Gasteiger partial charge in [-0.3, -0.25) is 4.79 Å². The molecule has 0 bridgehead atoms. The predicted octanol–water partition coefficient (Wildman–Crippen LogP) is 2.64. The smallest absolute Gasteiger partial charge is 0.260 e. The Labute approximate surface area is 131 Å². The van der Waals surface area contributed by atoms with Crippen molar-refractivity contribution in [3.8, 4) is 5.75 Å². The summed E-state index contributed by atoms with van der Waals surface area (Å²) in [6, 6.07) is 7.25. The Morgan fingerprint density at radius 1 is 1.40 bits per heavy atom. The molecule has 114 valence electrons. The molecule has 0 heterocycles. The van der Waals surface area contributed by atoms with Gasteiger partial charge >= 0.3 is 0 Å². The molecule has 1 unspecified atom stereocenters. The maximum Gasteiger partial charge on any atom is 0.260 e. The van der Waals surface area contributed by atoms with E-state index in [2.05, 4.69) is 10.6 Å². The minimum atomic E-state index is -0.549. The number of ether oxygens (including phenoxy) is 1. The third-order valence-electron chi connectivity index (χ3n) is 2.61. The van der Waals surface area contributed by atoms with Crippen LogP contribution in [0.1, 0.15) is 20.8 Å². The van der Waals surface area contributed by atoms with Crippen LogP contribution in [-0.4, -0.2) is 31.1 Å². The molecule has 1 aromatic rings. The molecule has 0 aliphatic heterocycles. The van der Waals surface area contributed by atoms with Gasteiger partial charge in [0, 0.05) is 17.6 Å². The lowest BCUT2D eigenvalue weighted by Crippen LogP contribution is -2.43. The van der Waals surface area contributed by atoms with E-state index < -0.39 is 6.10 Å². The fourth-order valence-electron chi connectivity index (χ4n) is 1.62. The maximum absolute atomic E-state index is 11.8. The molecule has 0 aromatic heterocycles. The van der Waals surface area contributed by atoms with Crippen molar-refractivity contribution in [1.82, 2.24) is 10.6 Å². The topological polar surface area (TPSA) is 50.4 Å². The summed E-state index contributed by atoms with van der Waals surface area (Å²) in [5, 5.41) is 6.66. The molecule has 6 heteroatoms. The molecule has 2 N–H and O–H groups in total. The Morgan fingerprint density at radius 3 is 2.70 bits per heavy atom. The van der Waals surface area contributed by atoms with Crippen LogP contribution in [0, 0.1) is 0 Å². The Kier molecular flexibility index (Phi) is 9.38. The zero-order chi connectivity index (χ0) is 14.3. The van der Waals surface area contributed by atoms with Gasteiger partial charge in [-0.1, -0.05) is 24.6 Å². The molecule has 0 aliphatic rings. The SMILES string of the molecule is CCN[C@H](C)CNC(=O)C(C)Oc1cccc(Cl)c1.Cl. The van der Waals surface area contributed by atoms with Crippen LogP contribution in [0.4, 0.5) is 0 Å². The summed E-state index contributed by atoms with van der Waals surface area (Å²) in [6.45, 7) is 7.23. The van der Waals surface area contributed by atoms with E-state index in [9.17, 15) is 4.79 Å². The highest BCUT2D eigenvalue weighted by molar-refractivity contribution is 6.30. The van der Waals surface area contributed by atoms with Crippen molar-refractivity contribution < 1.29 is 9.53 Å². The number of benzene rings is 1. The number of carbonyl (C=O) groups excluding carboxylic acids is 1. The van der Waals surface area contributed by atoms with Crippen LogP contribution < -0.4 is 15.4 Å². The van der Waals surface area contributed by atoms with E-state index in [4.69, 9.17) is 16.3 Å². The van der Waals surface area contributed by atoms with E-state index in [1.165, 1.54) is 0 Å². The summed E-state index contributed by atoms with van der Waals surface area (Å²) in [7, 11) is 0. The Hall–Kier alpha value is -0.970. The fraction of sp³-hybridized carbons (Fsp3) is 0.500. The second kappa shape index (κ2) is 9.86. The summed E-state index contributed by atoms with van der Waals surface area (Å²) >= 11 is 5.86. The van der Waals surface area contributed by atoms with E-state index in [0.717, 1.165) is 6.54 Å². The van der Waals surface area contributed by atoms with Crippen molar-refractivity contribution in [2.45, 2.75) is 32.9 Å². The van der Waals surface area contributed by atoms with Crippen LogP contribution in [0.2, 0.25) is 5.02 Å². The molecule has 1 aromatic carbocycles. The Balaban J connectivity index is 0.00000361. The summed E-state index contributed by atoms with van der Waals surface area (Å²) < 4.78 is 5.53. The molecule has 2 atom stereocenters. The van der Waals surface area contributed by atoms with Gasteiger partial charge in [0.2, 0.25) is 0 Å². The number of halogens is 2. The Bertz CT molecular complexity index is 416. The third kappa shape index (κ3) is 6.98. The highest BCUT2D eigenvalue weighted by Crippen LogP contribution is 2.18. The maximum atomic E-state index is 11.8. The first-order chi connectivity index (χ1) is 9.02. The number of hydrogen-bond acceptors (Lipinski definition) is 3. The van der Waals surface area contributed by atoms with Crippen molar-refractivity contribution in [2.75, 3.05) is 13.1 Å². The highest BCUT2D eigenvalue weighted by atomic mass is 35.5. The lowest BCUT2D eigenvalue weighted by atomic mass is 10.3. The number of carbonyl (C=O) groups is 1. The van der Waals surface area contributed by atoms with Crippen LogP contribution in [0.3, 0.4) is 0 Å². The molecular formula is C14H22Cl2N2O2. The van der Waals surface area contributed by atoms with Gasteiger partial charge in [0.05, 0.1) is 0 Å². The summed E-state index contributed by atoms with van der Waals surface area (Å²) in [5.41, 5.74) is 0. The van der Waals surface area contributed by atoms with Crippen LogP contribution >= 0.6 is 24.0 Å². The number of nitrogens with one attached hydrogen (secondary N) is 2. The van der Waals surface area contributed by atoms with E-state index in [1.807, 2.05) is 13.8 Å². The van der Waals surface area contributed by atoms with Crippen molar-refractivity contribution in [1.29, 1.82) is 0 Å². The number of hydrogen-bond donors (Lipinski definition) is 2. The van der Waals surface area contributed by atoms with Crippen LogP contribution in [0.5, 0.6) is 5.75 Å². The van der Waals surface area contributed by atoms with Gasteiger partial charge in [0.15, 0.2) is 6.10 Å². The van der Waals surface area contributed by atoms with Crippen molar-refractivity contribution in [3.63, 3.8) is 0 Å². The zero-order valence-corrected chi connectivity index (χ0v) is 13.6. The average molecular weight is 321 g/mol. The number of rotatable bonds is 7. The zero-order valence-electron chi connectivity index (χ0n) is 12.0. The van der Waals surface area contributed by atoms with Crippen molar-refractivity contribution >= 4 is 29.9 Å². The quantitative estimate of drug-likeness (QED) is 0.812. The van der Waals surface area contributed by atoms with E-state index in [0.29, 0.717) is 17.3 Å². The van der Waals surface area contributed by atoms with Crippen molar-refractivity contribution in [3.05, 3.63) is 29.3 Å². The van der Waals surface area contributed by atoms with Gasteiger partial charge in [-0.25, -0.2) is 0 Å². The van der Waals surface area contributed by atoms with Gasteiger partial charge in [-0.15, -0.1) is 12.4 Å². The van der Waals surface area contributed by atoms with Crippen LogP contribution in [0.15, 0.2) is 24.3 Å². The predicted molar refractivity (Wildman–Crippen MR) is 84.9 cm³/mol. The third-order valence-corrected chi connectivity index (χ3v) is 2.85. The molecule has 1 rings (SSSR count). The number of amides is 1. The lowest BCUT2D eigenvalue weighted by molar-refractivity contribution is -0.127. The minimum Gasteiger partial charge on any atom is -0.481 e. The molecule has 20 heavy (non-hydrogen) atoms. The fourth-order valence-corrected chi connectivity index (χ4v) is 1.80. The molecule has 1 amide bonds. The second-order valence-electron chi connectivity index (χ2n) is 4.42. The Morgan fingerprint density at radius 2 is 2.10 bits per heavy atom. The van der Waals surface area contributed by atoms with E-state index in [-0.39, 0.29) is 24.4 Å². The molecule has 0 radical (unpaired) electrons. The molecule has 0 aliphatic carbocycles. The number of likely N-dealkylation sites (N-methyl/N-ethyl adjacent to an activating group) is 1.